The Bertz CT molecular complexity index is 507. The molecule has 0 spiro atoms. The molecule has 0 saturated carbocycles. The zero-order chi connectivity index (χ0) is 10.7. The van der Waals surface area contributed by atoms with Gasteiger partial charge in [0.15, 0.2) is 0 Å². The molecule has 0 unspecified atom stereocenters. The van der Waals surface area contributed by atoms with Crippen LogP contribution in [0.15, 0.2) is 36.4 Å². The van der Waals surface area contributed by atoms with Gasteiger partial charge in [0.1, 0.15) is 16.1 Å². The molecule has 4 heteroatoms. The van der Waals surface area contributed by atoms with E-state index in [-0.39, 0.29) is 0 Å². The maximum absolute atomic E-state index is 5.23. The van der Waals surface area contributed by atoms with Crippen LogP contribution < -0.4 is 4.74 Å². The number of rotatable bonds is 2. The molecule has 2 aromatic rings. The number of ether oxygens (including phenoxy) is 1. The fourth-order valence-electron chi connectivity index (χ4n) is 1.34. The molecule has 1 aromatic carbocycles. The highest BCUT2D eigenvalue weighted by atomic mass is 32.1. The lowest BCUT2D eigenvalue weighted by Gasteiger charge is -2.06. The number of nitrogens with zero attached hydrogens (tertiary/aromatic N) is 1. The summed E-state index contributed by atoms with van der Waals surface area (Å²) in [5, 5.41) is 6.92. The molecule has 76 valence electrons. The van der Waals surface area contributed by atoms with Gasteiger partial charge in [0.2, 0.25) is 0 Å². The molecule has 0 fully saturated rings. The topological polar surface area (TPSA) is 37.9 Å². The second-order valence-electron chi connectivity index (χ2n) is 3.02. The third-order valence-electron chi connectivity index (χ3n) is 2.04. The van der Waals surface area contributed by atoms with Gasteiger partial charge in [0.05, 0.1) is 7.11 Å². The van der Waals surface area contributed by atoms with Crippen LogP contribution in [0.4, 0.5) is 0 Å². The van der Waals surface area contributed by atoms with Gasteiger partial charge in [-0.25, -0.2) is 0 Å². The van der Waals surface area contributed by atoms with Crippen molar-refractivity contribution in [1.82, 2.24) is 10.2 Å². The highest BCUT2D eigenvalue weighted by Crippen LogP contribution is 2.26. The number of hydrogen-bond donors (Lipinski definition) is 1. The van der Waals surface area contributed by atoms with Gasteiger partial charge in [0.25, 0.3) is 0 Å². The van der Waals surface area contributed by atoms with E-state index < -0.39 is 0 Å². The lowest BCUT2D eigenvalue weighted by atomic mass is 10.1. The lowest BCUT2D eigenvalue weighted by Crippen LogP contribution is -1.93. The molecule has 0 aliphatic carbocycles. The molecular formula is C11H10N2OS. The molecule has 0 amide bonds. The predicted molar refractivity (Wildman–Crippen MR) is 61.4 cm³/mol. The molecular weight excluding hydrogens is 208 g/mol. The summed E-state index contributed by atoms with van der Waals surface area (Å²) in [5.74, 6) is 0.685. The van der Waals surface area contributed by atoms with Crippen molar-refractivity contribution >= 4 is 12.2 Å². The first kappa shape index (κ1) is 9.86. The Balaban J connectivity index is 2.58. The van der Waals surface area contributed by atoms with E-state index in [1.807, 2.05) is 30.3 Å². The van der Waals surface area contributed by atoms with E-state index in [9.17, 15) is 0 Å². The Morgan fingerprint density at radius 2 is 2.00 bits per heavy atom. The molecule has 1 aromatic heterocycles. The highest BCUT2D eigenvalue weighted by molar-refractivity contribution is 7.71. The summed E-state index contributed by atoms with van der Waals surface area (Å²) >= 11 is 4.98. The minimum Gasteiger partial charge on any atom is -0.494 e. The zero-order valence-electron chi connectivity index (χ0n) is 8.23. The first-order valence-corrected chi connectivity index (χ1v) is 4.91. The van der Waals surface area contributed by atoms with Crippen LogP contribution in [-0.4, -0.2) is 17.3 Å². The van der Waals surface area contributed by atoms with Crippen molar-refractivity contribution in [1.29, 1.82) is 0 Å². The minimum absolute atomic E-state index is 0.562. The predicted octanol–water partition coefficient (Wildman–Crippen LogP) is 2.81. The number of hydrogen-bond acceptors (Lipinski definition) is 3. The Kier molecular flexibility index (Phi) is 2.78. The quantitative estimate of drug-likeness (QED) is 0.788. The summed E-state index contributed by atoms with van der Waals surface area (Å²) in [6.07, 6.45) is 0. The molecule has 2 rings (SSSR count). The number of nitrogens with one attached hydrogen (secondary N) is 1. The van der Waals surface area contributed by atoms with Crippen LogP contribution in [0, 0.1) is 4.64 Å². The molecule has 15 heavy (non-hydrogen) atoms. The summed E-state index contributed by atoms with van der Waals surface area (Å²) in [6, 6.07) is 11.6. The molecule has 0 aliphatic rings. The number of H-pyrrole nitrogens is 1. The van der Waals surface area contributed by atoms with Gasteiger partial charge in [0, 0.05) is 11.6 Å². The zero-order valence-corrected chi connectivity index (χ0v) is 9.04. The molecule has 3 nitrogen and oxygen atoms in total. The molecule has 0 saturated heterocycles. The van der Waals surface area contributed by atoms with Crippen LogP contribution >= 0.6 is 12.2 Å². The van der Waals surface area contributed by atoms with Gasteiger partial charge in [-0.05, 0) is 0 Å². The van der Waals surface area contributed by atoms with Crippen molar-refractivity contribution in [2.75, 3.05) is 7.11 Å². The molecule has 0 bridgehead atoms. The Hall–Kier alpha value is -1.68. The number of aromatic amines is 1. The van der Waals surface area contributed by atoms with Gasteiger partial charge in [-0.2, -0.15) is 5.10 Å². The maximum atomic E-state index is 5.23. The van der Waals surface area contributed by atoms with Gasteiger partial charge in [-0.3, -0.25) is 5.10 Å². The minimum atomic E-state index is 0.562. The number of aromatic nitrogens is 2. The highest BCUT2D eigenvalue weighted by Gasteiger charge is 2.06. The van der Waals surface area contributed by atoms with Gasteiger partial charge < -0.3 is 4.74 Å². The van der Waals surface area contributed by atoms with Gasteiger partial charge in [-0.15, -0.1) is 0 Å². The Morgan fingerprint density at radius 3 is 2.67 bits per heavy atom. The second-order valence-corrected chi connectivity index (χ2v) is 3.46. The van der Waals surface area contributed by atoms with Crippen molar-refractivity contribution in [3.63, 3.8) is 0 Å². The smallest absolute Gasteiger partial charge is 0.149 e. The third kappa shape index (κ3) is 2.05. The summed E-state index contributed by atoms with van der Waals surface area (Å²) in [4.78, 5) is 0. The average molecular weight is 218 g/mol. The van der Waals surface area contributed by atoms with E-state index in [1.165, 1.54) is 0 Å². The first-order valence-electron chi connectivity index (χ1n) is 4.50. The van der Waals surface area contributed by atoms with Gasteiger partial charge >= 0.3 is 0 Å². The number of methoxy groups -OCH3 is 1. The summed E-state index contributed by atoms with van der Waals surface area (Å²) in [5.41, 5.74) is 1.77. The molecule has 0 atom stereocenters. The second kappa shape index (κ2) is 4.23. The first-order chi connectivity index (χ1) is 7.31. The van der Waals surface area contributed by atoms with Crippen LogP contribution in [-0.2, 0) is 0 Å². The lowest BCUT2D eigenvalue weighted by molar-refractivity contribution is 0.413. The van der Waals surface area contributed by atoms with Crippen LogP contribution in [0.3, 0.4) is 0 Å². The van der Waals surface area contributed by atoms with Crippen molar-refractivity contribution in [2.24, 2.45) is 0 Å². The third-order valence-corrected chi connectivity index (χ3v) is 2.25. The van der Waals surface area contributed by atoms with E-state index in [0.29, 0.717) is 10.4 Å². The number of benzene rings is 1. The van der Waals surface area contributed by atoms with Crippen LogP contribution in [0.2, 0.25) is 0 Å². The normalized spacial score (nSPS) is 9.93. The molecule has 1 N–H and O–H groups in total. The van der Waals surface area contributed by atoms with E-state index in [1.54, 1.807) is 13.2 Å². The van der Waals surface area contributed by atoms with Crippen molar-refractivity contribution in [3.05, 3.63) is 41.0 Å². The van der Waals surface area contributed by atoms with E-state index >= 15 is 0 Å². The van der Waals surface area contributed by atoms with Crippen LogP contribution in [0.25, 0.3) is 11.3 Å². The molecule has 0 aliphatic heterocycles. The van der Waals surface area contributed by atoms with Crippen molar-refractivity contribution in [3.8, 4) is 17.0 Å². The van der Waals surface area contributed by atoms with E-state index in [2.05, 4.69) is 10.2 Å². The van der Waals surface area contributed by atoms with Crippen molar-refractivity contribution in [2.45, 2.75) is 0 Å². The van der Waals surface area contributed by atoms with Crippen LogP contribution in [0.1, 0.15) is 0 Å². The largest absolute Gasteiger partial charge is 0.494 e. The van der Waals surface area contributed by atoms with E-state index in [4.69, 9.17) is 17.0 Å². The average Bonchev–Trinajstić information content (AvgIpc) is 2.30. The Morgan fingerprint density at radius 1 is 1.27 bits per heavy atom. The fourth-order valence-corrected chi connectivity index (χ4v) is 1.50. The molecule has 0 radical (unpaired) electrons. The van der Waals surface area contributed by atoms with E-state index in [0.717, 1.165) is 11.3 Å². The van der Waals surface area contributed by atoms with Crippen LogP contribution in [0.5, 0.6) is 5.75 Å². The monoisotopic (exact) mass is 218 g/mol. The standard InChI is InChI=1S/C11H10N2OS/c1-14-9-7-10(15)12-13-11(9)8-5-3-2-4-6-8/h2-7H,1H3,(H,12,15). The SMILES string of the molecule is COc1cc(=S)[nH]nc1-c1ccccc1. The summed E-state index contributed by atoms with van der Waals surface area (Å²) in [7, 11) is 1.61. The molecule has 1 heterocycles. The maximum Gasteiger partial charge on any atom is 0.149 e. The van der Waals surface area contributed by atoms with Crippen molar-refractivity contribution < 1.29 is 4.74 Å². The fraction of sp³-hybridized carbons (Fsp3) is 0.0909. The summed E-state index contributed by atoms with van der Waals surface area (Å²) in [6.45, 7) is 0. The van der Waals surface area contributed by atoms with Gasteiger partial charge in [-0.1, -0.05) is 42.5 Å². The summed E-state index contributed by atoms with van der Waals surface area (Å²) < 4.78 is 5.79. The Labute approximate surface area is 92.7 Å².